The number of carbonyl (C=O) groups is 3. The molecule has 0 aliphatic carbocycles. The summed E-state index contributed by atoms with van der Waals surface area (Å²) in [6, 6.07) is 6.13. The van der Waals surface area contributed by atoms with Crippen LogP contribution in [-0.4, -0.2) is 60.6 Å². The lowest BCUT2D eigenvalue weighted by Crippen LogP contribution is -2.48. The van der Waals surface area contributed by atoms with E-state index in [4.69, 9.17) is 4.74 Å². The van der Waals surface area contributed by atoms with Gasteiger partial charge in [0.25, 0.3) is 5.91 Å². The monoisotopic (exact) mass is 416 g/mol. The van der Waals surface area contributed by atoms with Crippen molar-refractivity contribution in [2.45, 2.75) is 52.1 Å². The van der Waals surface area contributed by atoms with Gasteiger partial charge in [0, 0.05) is 24.5 Å². The second-order valence-corrected chi connectivity index (χ2v) is 8.68. The van der Waals surface area contributed by atoms with Crippen LogP contribution in [0.5, 0.6) is 0 Å². The molecular weight excluding hydrogens is 384 g/mol. The van der Waals surface area contributed by atoms with E-state index in [1.165, 1.54) is 0 Å². The Kier molecular flexibility index (Phi) is 6.65. The van der Waals surface area contributed by atoms with E-state index in [0.29, 0.717) is 31.2 Å². The molecule has 30 heavy (non-hydrogen) atoms. The Morgan fingerprint density at radius 1 is 1.17 bits per heavy atom. The summed E-state index contributed by atoms with van der Waals surface area (Å²) in [5, 5.41) is 5.58. The van der Waals surface area contributed by atoms with Crippen LogP contribution in [0.25, 0.3) is 0 Å². The number of morpholine rings is 1. The van der Waals surface area contributed by atoms with Gasteiger partial charge in [-0.3, -0.25) is 9.59 Å². The van der Waals surface area contributed by atoms with Crippen LogP contribution in [0, 0.1) is 5.92 Å². The van der Waals surface area contributed by atoms with Gasteiger partial charge in [-0.05, 0) is 56.9 Å². The highest BCUT2D eigenvalue weighted by Gasteiger charge is 2.50. The molecule has 2 N–H and O–H groups in total. The molecule has 0 saturated carbocycles. The molecule has 4 amide bonds. The lowest BCUT2D eigenvalue weighted by molar-refractivity contribution is -0.136. The number of nitrogens with one attached hydrogen (secondary N) is 2. The maximum Gasteiger partial charge on any atom is 0.325 e. The summed E-state index contributed by atoms with van der Waals surface area (Å²) >= 11 is 0. The van der Waals surface area contributed by atoms with E-state index in [1.807, 2.05) is 24.3 Å². The first-order valence-corrected chi connectivity index (χ1v) is 10.6. The first-order chi connectivity index (χ1) is 14.2. The van der Waals surface area contributed by atoms with E-state index in [0.717, 1.165) is 30.1 Å². The number of hydrogen-bond donors (Lipinski definition) is 2. The van der Waals surface area contributed by atoms with Crippen molar-refractivity contribution in [3.63, 3.8) is 0 Å². The number of imide groups is 1. The van der Waals surface area contributed by atoms with Crippen LogP contribution in [0.15, 0.2) is 24.3 Å². The molecule has 1 aromatic rings. The second-order valence-electron chi connectivity index (χ2n) is 8.68. The topological polar surface area (TPSA) is 91.0 Å². The summed E-state index contributed by atoms with van der Waals surface area (Å²) in [7, 11) is 0. The number of urea groups is 1. The Bertz CT molecular complexity index is 789. The zero-order chi connectivity index (χ0) is 21.9. The van der Waals surface area contributed by atoms with Crippen molar-refractivity contribution in [1.29, 1.82) is 0 Å². The molecular formula is C22H32N4O4. The molecule has 2 heterocycles. The Morgan fingerprint density at radius 2 is 1.80 bits per heavy atom. The minimum absolute atomic E-state index is 0.349. The molecule has 164 valence electrons. The predicted octanol–water partition coefficient (Wildman–Crippen LogP) is 2.60. The summed E-state index contributed by atoms with van der Waals surface area (Å²) in [6.07, 6.45) is 1.36. The highest BCUT2D eigenvalue weighted by molar-refractivity contribution is 6.11. The van der Waals surface area contributed by atoms with Gasteiger partial charge >= 0.3 is 6.03 Å². The highest BCUT2D eigenvalue weighted by Crippen LogP contribution is 2.27. The summed E-state index contributed by atoms with van der Waals surface area (Å²) in [5.74, 6) is -0.328. The summed E-state index contributed by atoms with van der Waals surface area (Å²) < 4.78 is 5.37. The molecule has 8 nitrogen and oxygen atoms in total. The Balaban J connectivity index is 1.62. The van der Waals surface area contributed by atoms with Crippen LogP contribution < -0.4 is 15.5 Å². The third kappa shape index (κ3) is 4.75. The van der Waals surface area contributed by atoms with Crippen molar-refractivity contribution in [2.75, 3.05) is 36.5 Å². The number of anilines is 2. The van der Waals surface area contributed by atoms with Crippen molar-refractivity contribution in [3.8, 4) is 0 Å². The predicted molar refractivity (Wildman–Crippen MR) is 115 cm³/mol. The molecule has 0 spiro atoms. The van der Waals surface area contributed by atoms with Gasteiger partial charge < -0.3 is 20.3 Å². The summed E-state index contributed by atoms with van der Waals surface area (Å²) in [4.78, 5) is 41.4. The van der Waals surface area contributed by atoms with Crippen molar-refractivity contribution < 1.29 is 19.1 Å². The molecule has 2 saturated heterocycles. The van der Waals surface area contributed by atoms with Crippen molar-refractivity contribution in [1.82, 2.24) is 10.2 Å². The quantitative estimate of drug-likeness (QED) is 0.667. The van der Waals surface area contributed by atoms with Gasteiger partial charge in [-0.2, -0.15) is 0 Å². The fourth-order valence-corrected chi connectivity index (χ4v) is 3.75. The molecule has 2 fully saturated rings. The Hall–Kier alpha value is -2.61. The number of carbonyl (C=O) groups excluding carboxylic acids is 3. The normalized spacial score (nSPS) is 23.0. The third-order valence-corrected chi connectivity index (χ3v) is 5.79. The number of hydrogen-bond acceptors (Lipinski definition) is 5. The second kappa shape index (κ2) is 9.04. The van der Waals surface area contributed by atoms with Gasteiger partial charge in [0.2, 0.25) is 5.91 Å². The Morgan fingerprint density at radius 3 is 2.40 bits per heavy atom. The zero-order valence-electron chi connectivity index (χ0n) is 18.2. The van der Waals surface area contributed by atoms with Crippen LogP contribution in [0.3, 0.4) is 0 Å². The molecule has 0 radical (unpaired) electrons. The van der Waals surface area contributed by atoms with E-state index < -0.39 is 23.5 Å². The SMILES string of the molecule is CC(C)CC[C@@]1(C)NC(=O)N([C@@H](C)C(=O)Nc2ccc(N3CCOCC3)cc2)C1=O. The summed E-state index contributed by atoms with van der Waals surface area (Å²) in [5.41, 5.74) is 0.730. The largest absolute Gasteiger partial charge is 0.378 e. The lowest BCUT2D eigenvalue weighted by Gasteiger charge is -2.29. The fraction of sp³-hybridized carbons (Fsp3) is 0.591. The van der Waals surface area contributed by atoms with Gasteiger partial charge in [-0.1, -0.05) is 13.8 Å². The average molecular weight is 417 g/mol. The molecule has 2 aliphatic rings. The van der Waals surface area contributed by atoms with E-state index in [9.17, 15) is 14.4 Å². The molecule has 8 heteroatoms. The third-order valence-electron chi connectivity index (χ3n) is 5.79. The molecule has 1 aromatic carbocycles. The zero-order valence-corrected chi connectivity index (χ0v) is 18.2. The maximum absolute atomic E-state index is 12.9. The van der Waals surface area contributed by atoms with Gasteiger partial charge in [0.1, 0.15) is 11.6 Å². The summed E-state index contributed by atoms with van der Waals surface area (Å²) in [6.45, 7) is 10.5. The fourth-order valence-electron chi connectivity index (χ4n) is 3.75. The van der Waals surface area contributed by atoms with E-state index >= 15 is 0 Å². The van der Waals surface area contributed by atoms with E-state index in [-0.39, 0.29) is 5.91 Å². The van der Waals surface area contributed by atoms with Gasteiger partial charge in [0.15, 0.2) is 0 Å². The van der Waals surface area contributed by atoms with Gasteiger partial charge in [-0.15, -0.1) is 0 Å². The van der Waals surface area contributed by atoms with Crippen LogP contribution in [0.1, 0.15) is 40.5 Å². The van der Waals surface area contributed by atoms with Gasteiger partial charge in [-0.25, -0.2) is 9.69 Å². The van der Waals surface area contributed by atoms with E-state index in [2.05, 4.69) is 29.4 Å². The van der Waals surface area contributed by atoms with Crippen LogP contribution in [-0.2, 0) is 14.3 Å². The smallest absolute Gasteiger partial charge is 0.325 e. The molecule has 3 rings (SSSR count). The van der Waals surface area contributed by atoms with E-state index in [1.54, 1.807) is 13.8 Å². The highest BCUT2D eigenvalue weighted by atomic mass is 16.5. The molecule has 0 unspecified atom stereocenters. The number of benzene rings is 1. The molecule has 2 atom stereocenters. The standard InChI is InChI=1S/C22H32N4O4/c1-15(2)9-10-22(4)20(28)26(21(29)24-22)16(3)19(27)23-17-5-7-18(8-6-17)25-11-13-30-14-12-25/h5-8,15-16H,9-14H2,1-4H3,(H,23,27)(H,24,29)/t16-,22+/m0/s1. The van der Waals surface area contributed by atoms with Crippen LogP contribution in [0.2, 0.25) is 0 Å². The number of ether oxygens (including phenoxy) is 1. The van der Waals surface area contributed by atoms with Crippen LogP contribution >= 0.6 is 0 Å². The average Bonchev–Trinajstić information content (AvgIpc) is 2.95. The van der Waals surface area contributed by atoms with Crippen molar-refractivity contribution in [3.05, 3.63) is 24.3 Å². The minimum Gasteiger partial charge on any atom is -0.378 e. The number of amides is 4. The maximum atomic E-state index is 12.9. The number of rotatable bonds is 7. The van der Waals surface area contributed by atoms with Crippen LogP contribution in [0.4, 0.5) is 16.2 Å². The van der Waals surface area contributed by atoms with Gasteiger partial charge in [0.05, 0.1) is 13.2 Å². The molecule has 0 bridgehead atoms. The molecule has 2 aliphatic heterocycles. The Labute approximate surface area is 177 Å². The minimum atomic E-state index is -0.963. The molecule has 0 aromatic heterocycles. The number of nitrogens with zero attached hydrogens (tertiary/aromatic N) is 2. The van der Waals surface area contributed by atoms with Crippen molar-refractivity contribution >= 4 is 29.2 Å². The first kappa shape index (κ1) is 22.1. The lowest BCUT2D eigenvalue weighted by atomic mass is 9.92. The first-order valence-electron chi connectivity index (χ1n) is 10.6. The van der Waals surface area contributed by atoms with Crippen molar-refractivity contribution in [2.24, 2.45) is 5.92 Å².